The highest BCUT2D eigenvalue weighted by atomic mass is 16.3. The predicted molar refractivity (Wildman–Crippen MR) is 60.3 cm³/mol. The van der Waals surface area contributed by atoms with Gasteiger partial charge in [0.25, 0.3) is 0 Å². The van der Waals surface area contributed by atoms with Crippen LogP contribution in [0.4, 0.5) is 0 Å². The van der Waals surface area contributed by atoms with Crippen LogP contribution in [0.5, 0.6) is 0 Å². The van der Waals surface area contributed by atoms with Gasteiger partial charge in [-0.05, 0) is 6.07 Å². The summed E-state index contributed by atoms with van der Waals surface area (Å²) < 4.78 is 1.86. The minimum Gasteiger partial charge on any atom is -0.389 e. The number of β-amino-alcohol motifs (C(OH)–C–C–N with tert-alkyl or cyclic N) is 2. The van der Waals surface area contributed by atoms with Crippen LogP contribution in [0.25, 0.3) is 5.78 Å². The Kier molecular flexibility index (Phi) is 2.54. The zero-order chi connectivity index (χ0) is 11.8. The van der Waals surface area contributed by atoms with Crippen molar-refractivity contribution in [2.45, 2.75) is 18.8 Å². The molecule has 1 saturated heterocycles. The Morgan fingerprint density at radius 3 is 2.76 bits per heavy atom. The molecule has 2 atom stereocenters. The first-order valence-electron chi connectivity index (χ1n) is 5.59. The van der Waals surface area contributed by atoms with Crippen molar-refractivity contribution in [1.82, 2.24) is 19.3 Å². The molecule has 0 amide bonds. The molecule has 1 fully saturated rings. The van der Waals surface area contributed by atoms with Gasteiger partial charge in [-0.25, -0.2) is 9.97 Å². The standard InChI is InChI=1S/C11H14N4O2/c16-9-6-14(7-10(9)17)4-8-5-15-3-1-2-12-11(15)13-8/h1-3,5,9-10,16-17H,4,6-7H2/t9-,10+. The molecular formula is C11H14N4O2. The molecule has 2 N–H and O–H groups in total. The largest absolute Gasteiger partial charge is 0.389 e. The van der Waals surface area contributed by atoms with Gasteiger partial charge in [-0.1, -0.05) is 0 Å². The van der Waals surface area contributed by atoms with Crippen molar-refractivity contribution in [2.24, 2.45) is 0 Å². The Hall–Kier alpha value is -1.50. The fourth-order valence-electron chi connectivity index (χ4n) is 2.16. The van der Waals surface area contributed by atoms with Crippen LogP contribution < -0.4 is 0 Å². The van der Waals surface area contributed by atoms with E-state index in [1.807, 2.05) is 27.8 Å². The summed E-state index contributed by atoms with van der Waals surface area (Å²) in [5.41, 5.74) is 0.894. The molecule has 0 radical (unpaired) electrons. The predicted octanol–water partition coefficient (Wildman–Crippen LogP) is -0.733. The number of imidazole rings is 1. The van der Waals surface area contributed by atoms with E-state index in [4.69, 9.17) is 0 Å². The Morgan fingerprint density at radius 2 is 2.06 bits per heavy atom. The van der Waals surface area contributed by atoms with Crippen LogP contribution in [-0.4, -0.2) is 54.8 Å². The normalized spacial score (nSPS) is 25.8. The molecule has 3 heterocycles. The van der Waals surface area contributed by atoms with Gasteiger partial charge >= 0.3 is 0 Å². The van der Waals surface area contributed by atoms with Crippen molar-refractivity contribution in [3.05, 3.63) is 30.4 Å². The lowest BCUT2D eigenvalue weighted by Crippen LogP contribution is -2.22. The average molecular weight is 234 g/mol. The molecule has 2 aromatic heterocycles. The van der Waals surface area contributed by atoms with Crippen LogP contribution in [0.15, 0.2) is 24.7 Å². The fourth-order valence-corrected chi connectivity index (χ4v) is 2.16. The third-order valence-corrected chi connectivity index (χ3v) is 3.01. The molecule has 6 heteroatoms. The highest BCUT2D eigenvalue weighted by Gasteiger charge is 2.29. The lowest BCUT2D eigenvalue weighted by Gasteiger charge is -2.11. The van der Waals surface area contributed by atoms with E-state index in [9.17, 15) is 10.2 Å². The van der Waals surface area contributed by atoms with Gasteiger partial charge in [0.15, 0.2) is 0 Å². The van der Waals surface area contributed by atoms with E-state index in [-0.39, 0.29) is 0 Å². The first kappa shape index (κ1) is 10.6. The minimum absolute atomic E-state index is 0.489. The maximum Gasteiger partial charge on any atom is 0.233 e. The zero-order valence-corrected chi connectivity index (χ0v) is 9.27. The van der Waals surface area contributed by atoms with Crippen LogP contribution in [0.3, 0.4) is 0 Å². The number of fused-ring (bicyclic) bond motifs is 1. The second kappa shape index (κ2) is 4.06. The van der Waals surface area contributed by atoms with Crippen molar-refractivity contribution in [1.29, 1.82) is 0 Å². The van der Waals surface area contributed by atoms with Gasteiger partial charge in [0.05, 0.1) is 17.9 Å². The molecule has 2 aromatic rings. The smallest absolute Gasteiger partial charge is 0.233 e. The molecule has 0 unspecified atom stereocenters. The number of hydrogen-bond donors (Lipinski definition) is 2. The van der Waals surface area contributed by atoms with Crippen LogP contribution >= 0.6 is 0 Å². The monoisotopic (exact) mass is 234 g/mol. The molecule has 6 nitrogen and oxygen atoms in total. The maximum atomic E-state index is 9.46. The van der Waals surface area contributed by atoms with Gasteiger partial charge in [0.1, 0.15) is 0 Å². The molecule has 0 aliphatic carbocycles. The summed E-state index contributed by atoms with van der Waals surface area (Å²) in [6.45, 7) is 1.60. The van der Waals surface area contributed by atoms with Crippen molar-refractivity contribution in [3.8, 4) is 0 Å². The summed E-state index contributed by atoms with van der Waals surface area (Å²) in [6, 6.07) is 1.85. The van der Waals surface area contributed by atoms with E-state index >= 15 is 0 Å². The van der Waals surface area contributed by atoms with Crippen LogP contribution in [-0.2, 0) is 6.54 Å². The zero-order valence-electron chi connectivity index (χ0n) is 9.27. The van der Waals surface area contributed by atoms with Crippen molar-refractivity contribution in [2.75, 3.05) is 13.1 Å². The third-order valence-electron chi connectivity index (χ3n) is 3.01. The molecule has 0 spiro atoms. The molecule has 0 aromatic carbocycles. The maximum absolute atomic E-state index is 9.46. The van der Waals surface area contributed by atoms with Gasteiger partial charge in [-0.15, -0.1) is 0 Å². The molecule has 1 aliphatic rings. The van der Waals surface area contributed by atoms with Gasteiger partial charge in [0, 0.05) is 38.2 Å². The highest BCUT2D eigenvalue weighted by molar-refractivity contribution is 5.29. The van der Waals surface area contributed by atoms with Crippen LogP contribution in [0.1, 0.15) is 5.69 Å². The molecule has 0 saturated carbocycles. The minimum atomic E-state index is -0.648. The Labute approximate surface area is 98.2 Å². The Bertz CT molecular complexity index is 484. The van der Waals surface area contributed by atoms with E-state index in [2.05, 4.69) is 9.97 Å². The van der Waals surface area contributed by atoms with Gasteiger partial charge in [-0.2, -0.15) is 0 Å². The van der Waals surface area contributed by atoms with Crippen LogP contribution in [0.2, 0.25) is 0 Å². The average Bonchev–Trinajstić information content (AvgIpc) is 2.83. The third kappa shape index (κ3) is 2.02. The second-order valence-electron chi connectivity index (χ2n) is 4.39. The number of aliphatic hydroxyl groups is 2. The summed E-state index contributed by atoms with van der Waals surface area (Å²) in [5, 5.41) is 18.9. The molecule has 3 rings (SSSR count). The highest BCUT2D eigenvalue weighted by Crippen LogP contribution is 2.13. The topological polar surface area (TPSA) is 73.9 Å². The fraction of sp³-hybridized carbons (Fsp3) is 0.455. The van der Waals surface area contributed by atoms with Gasteiger partial charge in [0.2, 0.25) is 5.78 Å². The number of rotatable bonds is 2. The molecule has 90 valence electrons. The van der Waals surface area contributed by atoms with Gasteiger partial charge < -0.3 is 10.2 Å². The lowest BCUT2D eigenvalue weighted by atomic mass is 10.3. The van der Waals surface area contributed by atoms with Crippen molar-refractivity contribution >= 4 is 5.78 Å². The number of likely N-dealkylation sites (tertiary alicyclic amines) is 1. The Balaban J connectivity index is 1.77. The number of nitrogens with zero attached hydrogens (tertiary/aromatic N) is 4. The van der Waals surface area contributed by atoms with E-state index in [1.165, 1.54) is 0 Å². The SMILES string of the molecule is O[C@@H]1CN(Cc2cn3cccnc3n2)C[C@@H]1O. The van der Waals surface area contributed by atoms with Crippen LogP contribution in [0, 0.1) is 0 Å². The van der Waals surface area contributed by atoms with E-state index in [1.54, 1.807) is 6.20 Å². The number of hydrogen-bond acceptors (Lipinski definition) is 5. The number of aliphatic hydroxyl groups excluding tert-OH is 2. The summed E-state index contributed by atoms with van der Waals surface area (Å²) in [7, 11) is 0. The summed E-state index contributed by atoms with van der Waals surface area (Å²) in [6.07, 6.45) is 4.22. The first-order chi connectivity index (χ1) is 8.22. The van der Waals surface area contributed by atoms with E-state index in [0.717, 1.165) is 5.69 Å². The summed E-state index contributed by atoms with van der Waals surface area (Å²) in [5.74, 6) is 0.669. The molecular weight excluding hydrogens is 220 g/mol. The number of aromatic nitrogens is 3. The summed E-state index contributed by atoms with van der Waals surface area (Å²) in [4.78, 5) is 10.5. The van der Waals surface area contributed by atoms with Crippen molar-refractivity contribution in [3.63, 3.8) is 0 Å². The second-order valence-corrected chi connectivity index (χ2v) is 4.39. The van der Waals surface area contributed by atoms with Crippen molar-refractivity contribution < 1.29 is 10.2 Å². The van der Waals surface area contributed by atoms with E-state index < -0.39 is 12.2 Å². The lowest BCUT2D eigenvalue weighted by molar-refractivity contribution is 0.0572. The summed E-state index contributed by atoms with van der Waals surface area (Å²) >= 11 is 0. The van der Waals surface area contributed by atoms with Gasteiger partial charge in [-0.3, -0.25) is 9.30 Å². The first-order valence-corrected chi connectivity index (χ1v) is 5.59. The molecule has 1 aliphatic heterocycles. The Morgan fingerprint density at radius 1 is 1.29 bits per heavy atom. The molecule has 0 bridgehead atoms. The quantitative estimate of drug-likeness (QED) is 0.716. The van der Waals surface area contributed by atoms with E-state index in [0.29, 0.717) is 25.4 Å². The molecule has 17 heavy (non-hydrogen) atoms.